The van der Waals surface area contributed by atoms with Crippen molar-refractivity contribution in [2.45, 2.75) is 13.5 Å². The van der Waals surface area contributed by atoms with Crippen molar-refractivity contribution < 1.29 is 9.32 Å². The highest BCUT2D eigenvalue weighted by molar-refractivity contribution is 5.77. The minimum absolute atomic E-state index is 0.0772. The first kappa shape index (κ1) is 9.66. The van der Waals surface area contributed by atoms with Crippen LogP contribution in [0.1, 0.15) is 12.7 Å². The molecule has 0 spiro atoms. The number of likely N-dealkylation sites (N-methyl/N-ethyl adjacent to an activating group) is 1. The summed E-state index contributed by atoms with van der Waals surface area (Å²) in [7, 11) is 0. The van der Waals surface area contributed by atoms with Crippen LogP contribution < -0.4 is 10.6 Å². The quantitative estimate of drug-likeness (QED) is 0.632. The van der Waals surface area contributed by atoms with E-state index in [1.54, 1.807) is 0 Å². The van der Waals surface area contributed by atoms with Crippen molar-refractivity contribution in [2.75, 3.05) is 13.1 Å². The van der Waals surface area contributed by atoms with Crippen LogP contribution in [0.3, 0.4) is 0 Å². The lowest BCUT2D eigenvalue weighted by atomic mass is 10.5. The van der Waals surface area contributed by atoms with Gasteiger partial charge in [-0.2, -0.15) is 4.98 Å². The summed E-state index contributed by atoms with van der Waals surface area (Å²) < 4.78 is 4.50. The van der Waals surface area contributed by atoms with Crippen molar-refractivity contribution in [3.05, 3.63) is 12.2 Å². The standard InChI is InChI=1S/C7H12N4O2/c1-2-8-4-7(12)9-3-6-10-5-13-11-6/h5,8H,2-4H2,1H3,(H,9,12). The van der Waals surface area contributed by atoms with Crippen molar-refractivity contribution in [1.29, 1.82) is 0 Å². The van der Waals surface area contributed by atoms with Crippen molar-refractivity contribution in [1.82, 2.24) is 20.8 Å². The fraction of sp³-hybridized carbons (Fsp3) is 0.571. The highest BCUT2D eigenvalue weighted by atomic mass is 16.5. The van der Waals surface area contributed by atoms with E-state index in [-0.39, 0.29) is 5.91 Å². The van der Waals surface area contributed by atoms with E-state index in [1.807, 2.05) is 6.92 Å². The van der Waals surface area contributed by atoms with Crippen molar-refractivity contribution >= 4 is 5.91 Å². The lowest BCUT2D eigenvalue weighted by Gasteiger charge is -2.01. The number of carbonyl (C=O) groups is 1. The Bertz CT molecular complexity index is 247. The van der Waals surface area contributed by atoms with Crippen LogP contribution in [-0.4, -0.2) is 29.1 Å². The van der Waals surface area contributed by atoms with Crippen LogP contribution in [-0.2, 0) is 11.3 Å². The van der Waals surface area contributed by atoms with Crippen LogP contribution >= 0.6 is 0 Å². The normalized spacial score (nSPS) is 9.92. The third kappa shape index (κ3) is 3.66. The van der Waals surface area contributed by atoms with Crippen LogP contribution in [0.25, 0.3) is 0 Å². The van der Waals surface area contributed by atoms with Crippen LogP contribution in [0.15, 0.2) is 10.9 Å². The molecule has 0 saturated carbocycles. The van der Waals surface area contributed by atoms with Gasteiger partial charge < -0.3 is 15.2 Å². The Labute approximate surface area is 75.7 Å². The molecule has 0 aromatic carbocycles. The number of nitrogens with one attached hydrogen (secondary N) is 2. The Morgan fingerprint density at radius 2 is 2.54 bits per heavy atom. The van der Waals surface area contributed by atoms with Gasteiger partial charge in [-0.15, -0.1) is 0 Å². The Hall–Kier alpha value is -1.43. The van der Waals surface area contributed by atoms with Gasteiger partial charge in [0.05, 0.1) is 13.1 Å². The summed E-state index contributed by atoms with van der Waals surface area (Å²) in [5.74, 6) is 0.400. The maximum Gasteiger partial charge on any atom is 0.234 e. The van der Waals surface area contributed by atoms with Gasteiger partial charge in [0.15, 0.2) is 5.82 Å². The zero-order valence-corrected chi connectivity index (χ0v) is 7.41. The molecule has 6 nitrogen and oxygen atoms in total. The van der Waals surface area contributed by atoms with Crippen molar-refractivity contribution in [3.63, 3.8) is 0 Å². The molecule has 1 heterocycles. The SMILES string of the molecule is CCNCC(=O)NCc1ncon1. The number of aromatic nitrogens is 2. The van der Waals surface area contributed by atoms with Gasteiger partial charge in [-0.3, -0.25) is 4.79 Å². The summed E-state index contributed by atoms with van der Waals surface area (Å²) in [4.78, 5) is 14.8. The topological polar surface area (TPSA) is 80.0 Å². The predicted octanol–water partition coefficient (Wildman–Crippen LogP) is -0.705. The smallest absolute Gasteiger partial charge is 0.234 e. The molecule has 1 rings (SSSR count). The zero-order chi connectivity index (χ0) is 9.52. The highest BCUT2D eigenvalue weighted by Gasteiger charge is 2.01. The van der Waals surface area contributed by atoms with Crippen molar-refractivity contribution in [2.24, 2.45) is 0 Å². The van der Waals surface area contributed by atoms with Gasteiger partial charge in [-0.1, -0.05) is 12.1 Å². The summed E-state index contributed by atoms with van der Waals surface area (Å²) in [6.07, 6.45) is 1.23. The molecule has 0 bridgehead atoms. The number of amides is 1. The first-order chi connectivity index (χ1) is 6.33. The van der Waals surface area contributed by atoms with Gasteiger partial charge >= 0.3 is 0 Å². The molecule has 0 atom stereocenters. The van der Waals surface area contributed by atoms with E-state index in [1.165, 1.54) is 6.39 Å². The largest absolute Gasteiger partial charge is 0.348 e. The summed E-state index contributed by atoms with van der Waals surface area (Å²) in [6, 6.07) is 0. The van der Waals surface area contributed by atoms with E-state index in [4.69, 9.17) is 0 Å². The fourth-order valence-corrected chi connectivity index (χ4v) is 0.749. The number of hydrogen-bond acceptors (Lipinski definition) is 5. The molecule has 1 aromatic heterocycles. The second-order valence-corrected chi connectivity index (χ2v) is 2.40. The highest BCUT2D eigenvalue weighted by Crippen LogP contribution is 1.85. The first-order valence-corrected chi connectivity index (χ1v) is 4.05. The zero-order valence-electron chi connectivity index (χ0n) is 7.41. The Balaban J connectivity index is 2.15. The third-order valence-electron chi connectivity index (χ3n) is 1.39. The van der Waals surface area contributed by atoms with Gasteiger partial charge in [-0.05, 0) is 6.54 Å². The maximum absolute atomic E-state index is 11.0. The van der Waals surface area contributed by atoms with E-state index in [0.29, 0.717) is 18.9 Å². The molecule has 13 heavy (non-hydrogen) atoms. The first-order valence-electron chi connectivity index (χ1n) is 4.05. The van der Waals surface area contributed by atoms with E-state index >= 15 is 0 Å². The molecular weight excluding hydrogens is 172 g/mol. The van der Waals surface area contributed by atoms with Gasteiger partial charge in [0.25, 0.3) is 0 Å². The van der Waals surface area contributed by atoms with Crippen LogP contribution in [0, 0.1) is 0 Å². The minimum Gasteiger partial charge on any atom is -0.348 e. The molecule has 6 heteroatoms. The second kappa shape index (κ2) is 5.26. The maximum atomic E-state index is 11.0. The van der Waals surface area contributed by atoms with E-state index in [2.05, 4.69) is 25.3 Å². The summed E-state index contributed by atoms with van der Waals surface area (Å²) in [5, 5.41) is 9.08. The molecular formula is C7H12N4O2. The molecule has 1 amide bonds. The number of rotatable bonds is 5. The predicted molar refractivity (Wildman–Crippen MR) is 44.7 cm³/mol. The van der Waals surface area contributed by atoms with Gasteiger partial charge in [-0.25, -0.2) is 0 Å². The van der Waals surface area contributed by atoms with E-state index in [0.717, 1.165) is 6.54 Å². The lowest BCUT2D eigenvalue weighted by molar-refractivity contribution is -0.120. The monoisotopic (exact) mass is 184 g/mol. The van der Waals surface area contributed by atoms with Gasteiger partial charge in [0.1, 0.15) is 0 Å². The summed E-state index contributed by atoms with van der Waals surface area (Å²) >= 11 is 0. The molecule has 0 saturated heterocycles. The van der Waals surface area contributed by atoms with Crippen LogP contribution in [0.2, 0.25) is 0 Å². The second-order valence-electron chi connectivity index (χ2n) is 2.40. The summed E-state index contributed by atoms with van der Waals surface area (Å²) in [6.45, 7) is 3.33. The average Bonchev–Trinajstić information content (AvgIpc) is 2.64. The third-order valence-corrected chi connectivity index (χ3v) is 1.39. The van der Waals surface area contributed by atoms with E-state index in [9.17, 15) is 4.79 Å². The number of carbonyl (C=O) groups excluding carboxylic acids is 1. The molecule has 0 aliphatic carbocycles. The molecule has 72 valence electrons. The molecule has 0 fully saturated rings. The number of hydrogen-bond donors (Lipinski definition) is 2. The van der Waals surface area contributed by atoms with Crippen molar-refractivity contribution in [3.8, 4) is 0 Å². The fourth-order valence-electron chi connectivity index (χ4n) is 0.749. The van der Waals surface area contributed by atoms with Crippen LogP contribution in [0.5, 0.6) is 0 Å². The van der Waals surface area contributed by atoms with Crippen LogP contribution in [0.4, 0.5) is 0 Å². The molecule has 0 unspecified atom stereocenters. The van der Waals surface area contributed by atoms with E-state index < -0.39 is 0 Å². The van der Waals surface area contributed by atoms with Gasteiger partial charge in [0, 0.05) is 0 Å². The Kier molecular flexibility index (Phi) is 3.90. The summed E-state index contributed by atoms with van der Waals surface area (Å²) in [5.41, 5.74) is 0. The molecule has 0 radical (unpaired) electrons. The Morgan fingerprint density at radius 3 is 3.15 bits per heavy atom. The molecule has 0 aliphatic heterocycles. The molecule has 2 N–H and O–H groups in total. The van der Waals surface area contributed by atoms with Gasteiger partial charge in [0.2, 0.25) is 12.3 Å². The average molecular weight is 184 g/mol. The molecule has 0 aliphatic rings. The molecule has 1 aromatic rings. The number of nitrogens with zero attached hydrogens (tertiary/aromatic N) is 2. The lowest BCUT2D eigenvalue weighted by Crippen LogP contribution is -2.33. The Morgan fingerprint density at radius 1 is 1.69 bits per heavy atom. The minimum atomic E-state index is -0.0772.